The van der Waals surface area contributed by atoms with Crippen molar-refractivity contribution in [2.75, 3.05) is 0 Å². The molecular weight excluding hydrogens is 479 g/mol. The maximum atomic E-state index is 10.0. The molecule has 158 valence electrons. The van der Waals surface area contributed by atoms with Crippen LogP contribution in [-0.4, -0.2) is 20.1 Å². The Morgan fingerprint density at radius 2 is 1.00 bits per heavy atom. The van der Waals surface area contributed by atoms with Crippen molar-refractivity contribution in [3.05, 3.63) is 117 Å². The fourth-order valence-electron chi connectivity index (χ4n) is 1.83. The molecule has 0 heterocycles. The molecule has 0 aromatic heterocycles. The van der Waals surface area contributed by atoms with Crippen LogP contribution < -0.4 is 0 Å². The normalized spacial score (nSPS) is 11.6. The number of aromatic hydroxyl groups is 2. The van der Waals surface area contributed by atoms with Crippen molar-refractivity contribution < 1.29 is 46.3 Å². The minimum Gasteiger partial charge on any atom is -0.508 e. The molecule has 8 nitrogen and oxygen atoms in total. The maximum Gasteiger partial charge on any atom is 2.00 e. The Labute approximate surface area is 199 Å². The summed E-state index contributed by atoms with van der Waals surface area (Å²) in [5.41, 5.74) is -0.0319. The van der Waals surface area contributed by atoms with Gasteiger partial charge in [-0.3, -0.25) is 32.4 Å². The molecule has 31 heavy (non-hydrogen) atoms. The van der Waals surface area contributed by atoms with E-state index in [0.29, 0.717) is 0 Å². The van der Waals surface area contributed by atoms with Gasteiger partial charge in [0, 0.05) is 24.3 Å². The molecular formula is C22H20N2O6Zr. The number of rotatable bonds is 2. The van der Waals surface area contributed by atoms with E-state index in [9.17, 15) is 20.2 Å². The van der Waals surface area contributed by atoms with Gasteiger partial charge in [0.05, 0.1) is 9.85 Å². The number of nitro groups is 2. The minimum atomic E-state index is -0.514. The van der Waals surface area contributed by atoms with Gasteiger partial charge in [-0.1, -0.05) is 0 Å². The van der Waals surface area contributed by atoms with Crippen molar-refractivity contribution in [1.29, 1.82) is 0 Å². The predicted octanol–water partition coefficient (Wildman–Crippen LogP) is 5.21. The average Bonchev–Trinajstić information content (AvgIpc) is 3.48. The predicted molar refractivity (Wildman–Crippen MR) is 113 cm³/mol. The molecule has 2 aliphatic carbocycles. The van der Waals surface area contributed by atoms with Crippen LogP contribution in [0.2, 0.25) is 0 Å². The first kappa shape index (κ1) is 27.7. The first-order valence-electron chi connectivity index (χ1n) is 8.70. The van der Waals surface area contributed by atoms with Crippen LogP contribution >= 0.6 is 0 Å². The zero-order valence-electron chi connectivity index (χ0n) is 16.4. The van der Waals surface area contributed by atoms with Crippen molar-refractivity contribution in [2.24, 2.45) is 0 Å². The van der Waals surface area contributed by atoms with E-state index in [4.69, 9.17) is 10.2 Å². The first-order valence-corrected chi connectivity index (χ1v) is 8.70. The quantitative estimate of drug-likeness (QED) is 0.332. The molecule has 0 aliphatic heterocycles. The van der Waals surface area contributed by atoms with Crippen molar-refractivity contribution >= 4 is 11.4 Å². The number of hydrogen-bond donors (Lipinski definition) is 2. The van der Waals surface area contributed by atoms with E-state index in [1.54, 1.807) is 0 Å². The molecule has 0 radical (unpaired) electrons. The van der Waals surface area contributed by atoms with E-state index in [2.05, 4.69) is 24.3 Å². The van der Waals surface area contributed by atoms with Crippen molar-refractivity contribution in [1.82, 2.24) is 0 Å². The van der Waals surface area contributed by atoms with E-state index in [1.807, 2.05) is 24.3 Å². The second-order valence-corrected chi connectivity index (χ2v) is 5.55. The summed E-state index contributed by atoms with van der Waals surface area (Å²) in [5.74, 6) is 0.0659. The topological polar surface area (TPSA) is 127 Å². The number of nitrogens with zero attached hydrogens (tertiary/aromatic N) is 2. The van der Waals surface area contributed by atoms with Crippen LogP contribution in [0.3, 0.4) is 0 Å². The van der Waals surface area contributed by atoms with Gasteiger partial charge in [0.2, 0.25) is 0 Å². The summed E-state index contributed by atoms with van der Waals surface area (Å²) in [5, 5.41) is 37.5. The summed E-state index contributed by atoms with van der Waals surface area (Å²) in [6, 6.07) is 10.1. The van der Waals surface area contributed by atoms with E-state index in [1.165, 1.54) is 48.5 Å². The van der Waals surface area contributed by atoms with Crippen LogP contribution in [0.25, 0.3) is 0 Å². The van der Waals surface area contributed by atoms with Crippen LogP contribution in [0.1, 0.15) is 12.8 Å². The van der Waals surface area contributed by atoms with Gasteiger partial charge in [-0.05, 0) is 24.3 Å². The number of phenols is 2. The van der Waals surface area contributed by atoms with Gasteiger partial charge in [-0.25, -0.2) is 24.3 Å². The Balaban J connectivity index is 0.000000401. The summed E-state index contributed by atoms with van der Waals surface area (Å²) >= 11 is 0. The molecule has 0 spiro atoms. The van der Waals surface area contributed by atoms with Gasteiger partial charge in [-0.2, -0.15) is 12.2 Å². The van der Waals surface area contributed by atoms with Crippen LogP contribution in [0.15, 0.2) is 85.0 Å². The Hall–Kier alpha value is -3.32. The van der Waals surface area contributed by atoms with Crippen LogP contribution in [0, 0.1) is 32.4 Å². The molecule has 0 saturated heterocycles. The Bertz CT molecular complexity index is 823. The summed E-state index contributed by atoms with van der Waals surface area (Å²) in [6.07, 6.45) is 20.0. The molecule has 0 saturated carbocycles. The standard InChI is InChI=1S/2C6H5NO3.2C5H5.Zr/c2*8-6-3-1-5(2-4-6)7(9)10;2*1-2-4-5-3-1;/h2*1-4,8H;2*1-3H,4H2;/q;;2*-1;+2. The molecule has 0 atom stereocenters. The van der Waals surface area contributed by atoms with Crippen molar-refractivity contribution in [3.63, 3.8) is 0 Å². The molecule has 9 heteroatoms. The second-order valence-electron chi connectivity index (χ2n) is 5.55. The van der Waals surface area contributed by atoms with Crippen LogP contribution in [0.5, 0.6) is 11.5 Å². The molecule has 0 fully saturated rings. The zero-order valence-corrected chi connectivity index (χ0v) is 18.9. The summed E-state index contributed by atoms with van der Waals surface area (Å²) in [6.45, 7) is 0. The van der Waals surface area contributed by atoms with Crippen molar-refractivity contribution in [2.45, 2.75) is 12.8 Å². The Morgan fingerprint density at radius 1 is 0.677 bits per heavy atom. The number of nitro benzene ring substituents is 2. The summed E-state index contributed by atoms with van der Waals surface area (Å²) in [7, 11) is 0. The van der Waals surface area contributed by atoms with Gasteiger partial charge in [0.1, 0.15) is 11.5 Å². The van der Waals surface area contributed by atoms with E-state index >= 15 is 0 Å². The maximum absolute atomic E-state index is 10.0. The largest absolute Gasteiger partial charge is 2.00 e. The van der Waals surface area contributed by atoms with E-state index in [-0.39, 0.29) is 49.1 Å². The van der Waals surface area contributed by atoms with Gasteiger partial charge in [-0.15, -0.1) is 12.8 Å². The third-order valence-electron chi connectivity index (χ3n) is 3.29. The molecule has 0 unspecified atom stereocenters. The number of phenolic OH excluding ortho intramolecular Hbond substituents is 2. The first-order chi connectivity index (χ1) is 14.4. The van der Waals surface area contributed by atoms with E-state index < -0.39 is 9.85 Å². The molecule has 0 amide bonds. The van der Waals surface area contributed by atoms with Crippen LogP contribution in [0.4, 0.5) is 11.4 Å². The fourth-order valence-corrected chi connectivity index (χ4v) is 1.83. The molecule has 2 N–H and O–H groups in total. The smallest absolute Gasteiger partial charge is 0.508 e. The summed E-state index contributed by atoms with van der Waals surface area (Å²) in [4.78, 5) is 19.0. The SMILES string of the molecule is O=[N+]([O-])c1ccc(O)cc1.O=[N+]([O-])c1ccc(O)cc1.[C-]1=CC=CC1.[C-]1=CC=CC1.[Zr+2]. The van der Waals surface area contributed by atoms with Gasteiger partial charge in [0.25, 0.3) is 11.4 Å². The summed E-state index contributed by atoms with van der Waals surface area (Å²) < 4.78 is 0. The minimum absolute atomic E-state index is 0. The van der Waals surface area contributed by atoms with Crippen LogP contribution in [-0.2, 0) is 26.2 Å². The molecule has 2 aromatic rings. The molecule has 0 bridgehead atoms. The Kier molecular flexibility index (Phi) is 14.7. The van der Waals surface area contributed by atoms with Crippen molar-refractivity contribution in [3.8, 4) is 11.5 Å². The molecule has 2 aliphatic rings. The zero-order chi connectivity index (χ0) is 22.2. The van der Waals surface area contributed by atoms with Gasteiger partial charge < -0.3 is 10.2 Å². The fraction of sp³-hybridized carbons (Fsp3) is 0.0909. The van der Waals surface area contributed by atoms with E-state index in [0.717, 1.165) is 12.8 Å². The third kappa shape index (κ3) is 13.5. The average molecular weight is 500 g/mol. The van der Waals surface area contributed by atoms with Gasteiger partial charge in [0.15, 0.2) is 0 Å². The molecule has 2 aromatic carbocycles. The number of benzene rings is 2. The number of hydrogen-bond acceptors (Lipinski definition) is 6. The second kappa shape index (κ2) is 16.5. The Morgan fingerprint density at radius 3 is 1.16 bits per heavy atom. The third-order valence-corrected chi connectivity index (χ3v) is 3.29. The number of non-ortho nitro benzene ring substituents is 2. The monoisotopic (exact) mass is 498 g/mol. The van der Waals surface area contributed by atoms with Gasteiger partial charge >= 0.3 is 26.2 Å². The molecule has 4 rings (SSSR count). The number of allylic oxidation sites excluding steroid dienone is 8.